The molecule has 2 nitrogen and oxygen atoms in total. The van der Waals surface area contributed by atoms with E-state index in [1.165, 1.54) is 4.90 Å². The van der Waals surface area contributed by atoms with E-state index in [-0.39, 0.29) is 0 Å². The Labute approximate surface area is 119 Å². The zero-order chi connectivity index (χ0) is 14.4. The van der Waals surface area contributed by atoms with E-state index >= 15 is 0 Å². The summed E-state index contributed by atoms with van der Waals surface area (Å²) in [4.78, 5) is 13.0. The summed E-state index contributed by atoms with van der Waals surface area (Å²) in [7, 11) is 0. The third kappa shape index (κ3) is 4.96. The molecule has 0 aromatic heterocycles. The summed E-state index contributed by atoms with van der Waals surface area (Å²) in [6, 6.07) is 0. The number of alkyl halides is 5. The van der Waals surface area contributed by atoms with Crippen molar-refractivity contribution < 1.29 is 18.0 Å². The Morgan fingerprint density at radius 3 is 1.83 bits per heavy atom. The first-order chi connectivity index (χ1) is 8.18. The molecule has 0 radical (unpaired) electrons. The molecule has 0 spiro atoms. The van der Waals surface area contributed by atoms with Crippen molar-refractivity contribution in [2.75, 3.05) is 13.1 Å². The number of rotatable bonds is 7. The molecule has 1 atom stereocenters. The van der Waals surface area contributed by atoms with Gasteiger partial charge in [-0.1, -0.05) is 38.3 Å². The summed E-state index contributed by atoms with van der Waals surface area (Å²) < 4.78 is 35.0. The number of carbonyl (C=O) groups is 1. The molecule has 0 aromatic rings. The lowest BCUT2D eigenvalue weighted by Crippen LogP contribution is -2.50. The average Bonchev–Trinajstić information content (AvgIpc) is 2.27. The van der Waals surface area contributed by atoms with Gasteiger partial charge in [-0.2, -0.15) is 13.2 Å². The summed E-state index contributed by atoms with van der Waals surface area (Å²) in [6.07, 6.45) is -1.89. The van der Waals surface area contributed by atoms with Crippen LogP contribution >= 0.6 is 27.5 Å². The van der Waals surface area contributed by atoms with Crippen LogP contribution in [0.2, 0.25) is 0 Å². The van der Waals surface area contributed by atoms with Crippen LogP contribution in [-0.4, -0.2) is 33.9 Å². The minimum atomic E-state index is -4.82. The van der Waals surface area contributed by atoms with Gasteiger partial charge in [0.1, 0.15) is 0 Å². The van der Waals surface area contributed by atoms with Gasteiger partial charge in [-0.25, -0.2) is 0 Å². The number of carbonyl (C=O) groups excluding carboxylic acids is 1. The van der Waals surface area contributed by atoms with E-state index in [2.05, 4.69) is 15.9 Å². The van der Waals surface area contributed by atoms with E-state index in [0.29, 0.717) is 25.9 Å². The number of hydrogen-bond donors (Lipinski definition) is 0. The van der Waals surface area contributed by atoms with Crippen LogP contribution in [-0.2, 0) is 4.79 Å². The van der Waals surface area contributed by atoms with Gasteiger partial charge in [0.25, 0.3) is 9.69 Å². The molecule has 0 N–H and O–H groups in total. The fourth-order valence-electron chi connectivity index (χ4n) is 1.33. The van der Waals surface area contributed by atoms with Crippen LogP contribution in [0, 0.1) is 0 Å². The molecule has 0 aliphatic heterocycles. The zero-order valence-corrected chi connectivity index (χ0v) is 12.8. The molecule has 0 bridgehead atoms. The Kier molecular flexibility index (Phi) is 7.59. The lowest BCUT2D eigenvalue weighted by molar-refractivity contribution is -0.163. The predicted molar refractivity (Wildman–Crippen MR) is 70.0 cm³/mol. The van der Waals surface area contributed by atoms with Gasteiger partial charge < -0.3 is 4.90 Å². The van der Waals surface area contributed by atoms with E-state index in [1.807, 2.05) is 13.8 Å². The maximum atomic E-state index is 12.7. The molecule has 0 saturated carbocycles. The molecular weight excluding hydrogens is 334 g/mol. The second-order valence-electron chi connectivity index (χ2n) is 4.07. The van der Waals surface area contributed by atoms with Crippen LogP contribution in [0.15, 0.2) is 0 Å². The van der Waals surface area contributed by atoms with Gasteiger partial charge >= 0.3 is 6.18 Å². The second-order valence-corrected chi connectivity index (χ2v) is 6.28. The number of halogens is 5. The van der Waals surface area contributed by atoms with Gasteiger partial charge in [-0.15, -0.1) is 0 Å². The average molecular weight is 353 g/mol. The van der Waals surface area contributed by atoms with Gasteiger partial charge in [0.2, 0.25) is 0 Å². The van der Waals surface area contributed by atoms with Crippen molar-refractivity contribution in [2.24, 2.45) is 0 Å². The Balaban J connectivity index is 4.82. The number of amides is 1. The minimum Gasteiger partial charge on any atom is -0.340 e. The number of nitrogens with zero attached hydrogens (tertiary/aromatic N) is 1. The largest absolute Gasteiger partial charge is 0.426 e. The molecule has 1 amide bonds. The van der Waals surface area contributed by atoms with Crippen LogP contribution < -0.4 is 0 Å². The first-order valence-corrected chi connectivity index (χ1v) is 7.09. The van der Waals surface area contributed by atoms with Crippen LogP contribution in [0.1, 0.15) is 39.5 Å². The maximum Gasteiger partial charge on any atom is 0.426 e. The molecule has 0 aromatic carbocycles. The Morgan fingerprint density at radius 1 is 1.17 bits per heavy atom. The highest BCUT2D eigenvalue weighted by Gasteiger charge is 2.59. The van der Waals surface area contributed by atoms with Crippen molar-refractivity contribution >= 4 is 33.4 Å². The molecule has 108 valence electrons. The SMILES string of the molecule is CCCCN(CCCC)C(=O)C(Cl)(Br)C(F)(F)F. The minimum absolute atomic E-state index is 0.297. The molecule has 0 aliphatic carbocycles. The first kappa shape index (κ1) is 18.0. The van der Waals surface area contributed by atoms with E-state index in [1.54, 1.807) is 0 Å². The third-order valence-electron chi connectivity index (χ3n) is 2.48. The Bertz CT molecular complexity index is 264. The number of hydrogen-bond acceptors (Lipinski definition) is 1. The van der Waals surface area contributed by atoms with Crippen molar-refractivity contribution in [2.45, 2.75) is 49.5 Å². The molecule has 0 heterocycles. The van der Waals surface area contributed by atoms with Crippen molar-refractivity contribution in [3.05, 3.63) is 0 Å². The van der Waals surface area contributed by atoms with E-state index in [4.69, 9.17) is 11.6 Å². The molecule has 0 aliphatic rings. The quantitative estimate of drug-likeness (QED) is 0.625. The monoisotopic (exact) mass is 351 g/mol. The van der Waals surface area contributed by atoms with Gasteiger partial charge in [0, 0.05) is 13.1 Å². The Morgan fingerprint density at radius 2 is 1.56 bits per heavy atom. The van der Waals surface area contributed by atoms with E-state index in [9.17, 15) is 18.0 Å². The van der Waals surface area contributed by atoms with Gasteiger partial charge in [-0.05, 0) is 28.8 Å². The third-order valence-corrected chi connectivity index (χ3v) is 3.64. The lowest BCUT2D eigenvalue weighted by atomic mass is 10.2. The highest BCUT2D eigenvalue weighted by Crippen LogP contribution is 2.42. The Hall–Kier alpha value is 0.0300. The summed E-state index contributed by atoms with van der Waals surface area (Å²) in [5.74, 6) is -1.13. The van der Waals surface area contributed by atoms with Gasteiger partial charge in [0.15, 0.2) is 0 Å². The summed E-state index contributed by atoms with van der Waals surface area (Å²) in [5, 5.41) is 0. The lowest BCUT2D eigenvalue weighted by Gasteiger charge is -2.30. The summed E-state index contributed by atoms with van der Waals surface area (Å²) >= 11 is 7.62. The molecule has 0 rings (SSSR count). The normalized spacial score (nSPS) is 15.3. The van der Waals surface area contributed by atoms with Crippen LogP contribution in [0.25, 0.3) is 0 Å². The fraction of sp³-hybridized carbons (Fsp3) is 0.909. The molecule has 7 heteroatoms. The smallest absolute Gasteiger partial charge is 0.340 e. The molecule has 1 unspecified atom stereocenters. The van der Waals surface area contributed by atoms with Crippen LogP contribution in [0.3, 0.4) is 0 Å². The molecule has 0 fully saturated rings. The van der Waals surface area contributed by atoms with Crippen molar-refractivity contribution in [3.63, 3.8) is 0 Å². The maximum absolute atomic E-state index is 12.7. The fourth-order valence-corrected chi connectivity index (χ4v) is 1.70. The first-order valence-electron chi connectivity index (χ1n) is 5.92. The summed E-state index contributed by atoms with van der Waals surface area (Å²) in [5.41, 5.74) is 0. The van der Waals surface area contributed by atoms with Crippen LogP contribution in [0.4, 0.5) is 13.2 Å². The molecule has 0 saturated heterocycles. The van der Waals surface area contributed by atoms with Crippen molar-refractivity contribution in [1.82, 2.24) is 4.90 Å². The zero-order valence-electron chi connectivity index (χ0n) is 10.5. The molecule has 18 heavy (non-hydrogen) atoms. The highest BCUT2D eigenvalue weighted by molar-refractivity contribution is 9.10. The van der Waals surface area contributed by atoms with Crippen molar-refractivity contribution in [3.8, 4) is 0 Å². The van der Waals surface area contributed by atoms with Gasteiger partial charge in [0.05, 0.1) is 0 Å². The summed E-state index contributed by atoms with van der Waals surface area (Å²) in [6.45, 7) is 4.42. The topological polar surface area (TPSA) is 20.3 Å². The van der Waals surface area contributed by atoms with E-state index in [0.717, 1.165) is 12.8 Å². The van der Waals surface area contributed by atoms with Crippen molar-refractivity contribution in [1.29, 1.82) is 0 Å². The second kappa shape index (κ2) is 7.58. The van der Waals surface area contributed by atoms with Crippen LogP contribution in [0.5, 0.6) is 0 Å². The molecular formula is C11H18BrClF3NO. The van der Waals surface area contributed by atoms with E-state index < -0.39 is 15.9 Å². The highest BCUT2D eigenvalue weighted by atomic mass is 79.9. The predicted octanol–water partition coefficient (Wildman–Crippen LogP) is 4.31. The number of unbranched alkanes of at least 4 members (excludes halogenated alkanes) is 2. The van der Waals surface area contributed by atoms with Gasteiger partial charge in [-0.3, -0.25) is 4.79 Å². The standard InChI is InChI=1S/C11H18BrClF3NO/c1-3-5-7-17(8-6-4-2)9(18)10(12,13)11(14,15)16/h3-8H2,1-2H3.